The maximum absolute atomic E-state index is 10.6. The summed E-state index contributed by atoms with van der Waals surface area (Å²) in [6.45, 7) is 1.46. The van der Waals surface area contributed by atoms with Crippen LogP contribution in [0.3, 0.4) is 0 Å². The van der Waals surface area contributed by atoms with Gasteiger partial charge in [0.15, 0.2) is 0 Å². The molecule has 3 nitrogen and oxygen atoms in total. The number of para-hydroxylation sites is 1. The van der Waals surface area contributed by atoms with Gasteiger partial charge in [-0.15, -0.1) is 11.8 Å². The van der Waals surface area contributed by atoms with Crippen LogP contribution in [0.4, 0.5) is 0 Å². The van der Waals surface area contributed by atoms with Crippen molar-refractivity contribution < 1.29 is 14.6 Å². The van der Waals surface area contributed by atoms with Crippen LogP contribution < -0.4 is 0 Å². The number of phenolic OH excluding ortho intramolecular Hbond substituents is 1. The number of ether oxygens (including phenoxy) is 1. The zero-order valence-electron chi connectivity index (χ0n) is 8.11. The van der Waals surface area contributed by atoms with Gasteiger partial charge in [0.1, 0.15) is 12.4 Å². The topological polar surface area (TPSA) is 46.5 Å². The molecule has 0 atom stereocenters. The largest absolute Gasteiger partial charge is 0.506 e. The number of aromatic hydroxyl groups is 1. The van der Waals surface area contributed by atoms with Gasteiger partial charge in [0.05, 0.1) is 0 Å². The Bertz CT molecular complexity index is 336. The van der Waals surface area contributed by atoms with Crippen molar-refractivity contribution in [2.24, 2.45) is 0 Å². The van der Waals surface area contributed by atoms with E-state index in [9.17, 15) is 9.90 Å². The summed E-state index contributed by atoms with van der Waals surface area (Å²) in [6, 6.07) is 5.37. The summed E-state index contributed by atoms with van der Waals surface area (Å²) in [6.07, 6.45) is 1.88. The standard InChI is InChI=1S/C10H12O3S/c1-7(11)13-6-8-4-3-5-9(14-2)10(8)12/h3-5,12H,6H2,1-2H3. The Balaban J connectivity index is 2.81. The van der Waals surface area contributed by atoms with E-state index in [4.69, 9.17) is 4.74 Å². The minimum atomic E-state index is -0.348. The molecule has 0 saturated carbocycles. The second-order valence-corrected chi connectivity index (χ2v) is 3.60. The fourth-order valence-electron chi connectivity index (χ4n) is 1.03. The molecule has 1 rings (SSSR count). The summed E-state index contributed by atoms with van der Waals surface area (Å²) < 4.78 is 4.80. The molecule has 0 heterocycles. The Labute approximate surface area is 87.1 Å². The lowest BCUT2D eigenvalue weighted by molar-refractivity contribution is -0.142. The first-order chi connectivity index (χ1) is 6.65. The molecule has 4 heteroatoms. The lowest BCUT2D eigenvalue weighted by Crippen LogP contribution is -1.99. The molecule has 76 valence electrons. The fourth-order valence-corrected chi connectivity index (χ4v) is 1.57. The third-order valence-electron chi connectivity index (χ3n) is 1.73. The Hall–Kier alpha value is -1.16. The summed E-state index contributed by atoms with van der Waals surface area (Å²) >= 11 is 1.45. The first-order valence-corrected chi connectivity index (χ1v) is 5.36. The van der Waals surface area contributed by atoms with Crippen LogP contribution in [0.25, 0.3) is 0 Å². The highest BCUT2D eigenvalue weighted by Gasteiger charge is 2.06. The fraction of sp³-hybridized carbons (Fsp3) is 0.300. The van der Waals surface area contributed by atoms with Gasteiger partial charge < -0.3 is 9.84 Å². The van der Waals surface area contributed by atoms with Crippen LogP contribution in [-0.4, -0.2) is 17.3 Å². The van der Waals surface area contributed by atoms with Gasteiger partial charge in [-0.05, 0) is 12.3 Å². The van der Waals surface area contributed by atoms with Crippen LogP contribution >= 0.6 is 11.8 Å². The van der Waals surface area contributed by atoms with Crippen molar-refractivity contribution >= 4 is 17.7 Å². The second kappa shape index (κ2) is 4.91. The van der Waals surface area contributed by atoms with E-state index in [1.54, 1.807) is 6.07 Å². The van der Waals surface area contributed by atoms with Gasteiger partial charge in [0.2, 0.25) is 0 Å². The summed E-state index contributed by atoms with van der Waals surface area (Å²) in [5.74, 6) is -0.153. The molecule has 1 N–H and O–H groups in total. The number of esters is 1. The van der Waals surface area contributed by atoms with Crippen LogP contribution in [0.2, 0.25) is 0 Å². The average Bonchev–Trinajstić information content (AvgIpc) is 2.16. The SMILES string of the molecule is CSc1cccc(COC(C)=O)c1O. The maximum atomic E-state index is 10.6. The van der Waals surface area contributed by atoms with Crippen LogP contribution in [0, 0.1) is 0 Å². The minimum Gasteiger partial charge on any atom is -0.506 e. The molecule has 0 saturated heterocycles. The van der Waals surface area contributed by atoms with Gasteiger partial charge in [-0.1, -0.05) is 12.1 Å². The lowest BCUT2D eigenvalue weighted by Gasteiger charge is -2.07. The minimum absolute atomic E-state index is 0.121. The van der Waals surface area contributed by atoms with Crippen molar-refractivity contribution in [3.05, 3.63) is 23.8 Å². The smallest absolute Gasteiger partial charge is 0.302 e. The van der Waals surface area contributed by atoms with Crippen LogP contribution in [0.15, 0.2) is 23.1 Å². The van der Waals surface area contributed by atoms with E-state index in [2.05, 4.69) is 0 Å². The van der Waals surface area contributed by atoms with E-state index in [-0.39, 0.29) is 18.3 Å². The van der Waals surface area contributed by atoms with Gasteiger partial charge >= 0.3 is 5.97 Å². The highest BCUT2D eigenvalue weighted by atomic mass is 32.2. The maximum Gasteiger partial charge on any atom is 0.302 e. The van der Waals surface area contributed by atoms with Crippen molar-refractivity contribution in [2.45, 2.75) is 18.4 Å². The predicted octanol–water partition coefficient (Wildman–Crippen LogP) is 2.18. The first kappa shape index (κ1) is 10.9. The second-order valence-electron chi connectivity index (χ2n) is 2.75. The molecule has 0 spiro atoms. The molecule has 0 fully saturated rings. The Morgan fingerprint density at radius 2 is 2.29 bits per heavy atom. The van der Waals surface area contributed by atoms with E-state index in [1.807, 2.05) is 18.4 Å². The van der Waals surface area contributed by atoms with E-state index in [0.717, 1.165) is 4.90 Å². The van der Waals surface area contributed by atoms with Crippen molar-refractivity contribution in [1.29, 1.82) is 0 Å². The van der Waals surface area contributed by atoms with E-state index in [0.29, 0.717) is 5.56 Å². The molecule has 0 amide bonds. The third-order valence-corrected chi connectivity index (χ3v) is 2.50. The Morgan fingerprint density at radius 1 is 1.57 bits per heavy atom. The molecule has 1 aromatic carbocycles. The van der Waals surface area contributed by atoms with Gasteiger partial charge in [-0.3, -0.25) is 4.79 Å². The van der Waals surface area contributed by atoms with E-state index >= 15 is 0 Å². The molecular weight excluding hydrogens is 200 g/mol. The summed E-state index contributed by atoms with van der Waals surface area (Å²) in [5.41, 5.74) is 0.632. The number of hydrogen-bond acceptors (Lipinski definition) is 4. The highest BCUT2D eigenvalue weighted by molar-refractivity contribution is 7.98. The monoisotopic (exact) mass is 212 g/mol. The van der Waals surface area contributed by atoms with Crippen molar-refractivity contribution in [3.63, 3.8) is 0 Å². The van der Waals surface area contributed by atoms with Gasteiger partial charge in [-0.25, -0.2) is 0 Å². The zero-order chi connectivity index (χ0) is 10.6. The van der Waals surface area contributed by atoms with E-state index < -0.39 is 0 Å². The van der Waals surface area contributed by atoms with Gasteiger partial charge in [0, 0.05) is 17.4 Å². The number of thioether (sulfide) groups is 1. The molecule has 0 aliphatic rings. The van der Waals surface area contributed by atoms with Crippen LogP contribution in [0.1, 0.15) is 12.5 Å². The molecule has 0 aliphatic carbocycles. The molecule has 14 heavy (non-hydrogen) atoms. The van der Waals surface area contributed by atoms with Crippen molar-refractivity contribution in [3.8, 4) is 5.75 Å². The quantitative estimate of drug-likeness (QED) is 0.616. The lowest BCUT2D eigenvalue weighted by atomic mass is 10.2. The summed E-state index contributed by atoms with van der Waals surface area (Å²) in [5, 5.41) is 9.69. The van der Waals surface area contributed by atoms with Gasteiger partial charge in [0.25, 0.3) is 0 Å². The molecule has 0 bridgehead atoms. The van der Waals surface area contributed by atoms with E-state index in [1.165, 1.54) is 18.7 Å². The number of phenols is 1. The predicted molar refractivity (Wildman–Crippen MR) is 55.4 cm³/mol. The molecule has 0 radical (unpaired) electrons. The van der Waals surface area contributed by atoms with Crippen LogP contribution in [-0.2, 0) is 16.1 Å². The third kappa shape index (κ3) is 2.67. The molecule has 1 aromatic rings. The number of carbonyl (C=O) groups excluding carboxylic acids is 1. The summed E-state index contributed by atoms with van der Waals surface area (Å²) in [7, 11) is 0. The van der Waals surface area contributed by atoms with Crippen LogP contribution in [0.5, 0.6) is 5.75 Å². The zero-order valence-corrected chi connectivity index (χ0v) is 8.93. The number of carbonyl (C=O) groups is 1. The first-order valence-electron chi connectivity index (χ1n) is 4.13. The number of benzene rings is 1. The highest BCUT2D eigenvalue weighted by Crippen LogP contribution is 2.30. The number of hydrogen-bond donors (Lipinski definition) is 1. The van der Waals surface area contributed by atoms with Crippen molar-refractivity contribution in [1.82, 2.24) is 0 Å². The molecule has 0 aliphatic heterocycles. The average molecular weight is 212 g/mol. The summed E-state index contributed by atoms with van der Waals surface area (Å²) in [4.78, 5) is 11.4. The molecular formula is C10H12O3S. The molecule has 0 aromatic heterocycles. The van der Waals surface area contributed by atoms with Gasteiger partial charge in [-0.2, -0.15) is 0 Å². The Morgan fingerprint density at radius 3 is 2.86 bits per heavy atom. The Kier molecular flexibility index (Phi) is 3.83. The van der Waals surface area contributed by atoms with Crippen molar-refractivity contribution in [2.75, 3.05) is 6.26 Å². The number of rotatable bonds is 3. The molecule has 0 unspecified atom stereocenters. The normalized spacial score (nSPS) is 9.86.